The lowest BCUT2D eigenvalue weighted by Crippen LogP contribution is -2.01. The van der Waals surface area contributed by atoms with Crippen molar-refractivity contribution in [1.29, 1.82) is 0 Å². The Morgan fingerprint density at radius 2 is 1.70 bits per heavy atom. The largest absolute Gasteiger partial charge is 0.494 e. The van der Waals surface area contributed by atoms with Gasteiger partial charge in [0.15, 0.2) is 0 Å². The van der Waals surface area contributed by atoms with Gasteiger partial charge >= 0.3 is 0 Å². The highest BCUT2D eigenvalue weighted by molar-refractivity contribution is 5.33. The Morgan fingerprint density at radius 3 is 2.30 bits per heavy atom. The average molecular weight is 311 g/mol. The highest BCUT2D eigenvalue weighted by Gasteiger charge is 2.10. The number of ether oxygens (including phenoxy) is 1. The SMILES string of the molecule is CCCCOc1ccc(C(C)c2ccc(CCCC)cn2)cc1. The molecule has 124 valence electrons. The third-order valence-electron chi connectivity index (χ3n) is 4.26. The van der Waals surface area contributed by atoms with E-state index in [2.05, 4.69) is 62.2 Å². The maximum Gasteiger partial charge on any atom is 0.119 e. The fourth-order valence-electron chi connectivity index (χ4n) is 2.58. The van der Waals surface area contributed by atoms with Gasteiger partial charge in [-0.05, 0) is 48.6 Å². The highest BCUT2D eigenvalue weighted by Crippen LogP contribution is 2.25. The molecule has 1 heterocycles. The molecule has 2 heteroatoms. The number of benzene rings is 1. The lowest BCUT2D eigenvalue weighted by Gasteiger charge is -2.13. The first-order chi connectivity index (χ1) is 11.2. The zero-order valence-corrected chi connectivity index (χ0v) is 14.7. The summed E-state index contributed by atoms with van der Waals surface area (Å²) in [6.45, 7) is 7.40. The molecule has 0 saturated heterocycles. The maximum atomic E-state index is 5.72. The third-order valence-corrected chi connectivity index (χ3v) is 4.26. The molecule has 0 aliphatic rings. The Labute approximate surface area is 140 Å². The van der Waals surface area contributed by atoms with Gasteiger partial charge in [-0.25, -0.2) is 0 Å². The normalized spacial score (nSPS) is 12.1. The summed E-state index contributed by atoms with van der Waals surface area (Å²) in [5, 5.41) is 0. The molecule has 2 nitrogen and oxygen atoms in total. The van der Waals surface area contributed by atoms with Crippen LogP contribution in [0.1, 0.15) is 69.2 Å². The van der Waals surface area contributed by atoms with Crippen molar-refractivity contribution in [2.75, 3.05) is 6.61 Å². The Hall–Kier alpha value is -1.83. The summed E-state index contributed by atoms with van der Waals surface area (Å²) in [5.74, 6) is 1.26. The number of rotatable bonds is 9. The van der Waals surface area contributed by atoms with Gasteiger partial charge in [-0.3, -0.25) is 4.98 Å². The van der Waals surface area contributed by atoms with Gasteiger partial charge in [-0.15, -0.1) is 0 Å². The van der Waals surface area contributed by atoms with Crippen molar-refractivity contribution in [3.63, 3.8) is 0 Å². The van der Waals surface area contributed by atoms with Crippen LogP contribution in [0, 0.1) is 0 Å². The van der Waals surface area contributed by atoms with E-state index in [0.717, 1.165) is 37.3 Å². The lowest BCUT2D eigenvalue weighted by molar-refractivity contribution is 0.309. The number of nitrogens with zero attached hydrogens (tertiary/aromatic N) is 1. The predicted molar refractivity (Wildman–Crippen MR) is 97.2 cm³/mol. The van der Waals surface area contributed by atoms with Crippen molar-refractivity contribution >= 4 is 0 Å². The van der Waals surface area contributed by atoms with Crippen LogP contribution in [0.5, 0.6) is 5.75 Å². The van der Waals surface area contributed by atoms with Gasteiger partial charge in [-0.1, -0.05) is 51.8 Å². The van der Waals surface area contributed by atoms with Gasteiger partial charge in [0.2, 0.25) is 0 Å². The van der Waals surface area contributed by atoms with E-state index in [0.29, 0.717) is 5.92 Å². The van der Waals surface area contributed by atoms with E-state index in [-0.39, 0.29) is 0 Å². The summed E-state index contributed by atoms with van der Waals surface area (Å²) >= 11 is 0. The highest BCUT2D eigenvalue weighted by atomic mass is 16.5. The van der Waals surface area contributed by atoms with Gasteiger partial charge in [0, 0.05) is 17.8 Å². The minimum atomic E-state index is 0.305. The topological polar surface area (TPSA) is 22.1 Å². The third kappa shape index (κ3) is 5.38. The van der Waals surface area contributed by atoms with E-state index in [4.69, 9.17) is 4.74 Å². The van der Waals surface area contributed by atoms with E-state index in [9.17, 15) is 0 Å². The van der Waals surface area contributed by atoms with Gasteiger partial charge in [0.05, 0.1) is 6.61 Å². The zero-order valence-electron chi connectivity index (χ0n) is 14.7. The summed E-state index contributed by atoms with van der Waals surface area (Å²) in [6.07, 6.45) is 7.88. The van der Waals surface area contributed by atoms with Crippen LogP contribution in [0.4, 0.5) is 0 Å². The lowest BCUT2D eigenvalue weighted by atomic mass is 9.96. The maximum absolute atomic E-state index is 5.72. The fourth-order valence-corrected chi connectivity index (χ4v) is 2.58. The molecule has 2 aromatic rings. The van der Waals surface area contributed by atoms with E-state index in [1.807, 2.05) is 6.20 Å². The van der Waals surface area contributed by atoms with E-state index in [1.165, 1.54) is 24.0 Å². The molecule has 0 bridgehead atoms. The molecule has 1 atom stereocenters. The van der Waals surface area contributed by atoms with E-state index in [1.54, 1.807) is 0 Å². The van der Waals surface area contributed by atoms with E-state index >= 15 is 0 Å². The van der Waals surface area contributed by atoms with Gasteiger partial charge in [0.25, 0.3) is 0 Å². The minimum absolute atomic E-state index is 0.305. The second-order valence-corrected chi connectivity index (χ2v) is 6.19. The second kappa shape index (κ2) is 9.34. The summed E-state index contributed by atoms with van der Waals surface area (Å²) < 4.78 is 5.72. The Morgan fingerprint density at radius 1 is 0.957 bits per heavy atom. The summed E-state index contributed by atoms with van der Waals surface area (Å²) in [6, 6.07) is 12.8. The number of aryl methyl sites for hydroxylation is 1. The van der Waals surface area contributed by atoms with Crippen molar-refractivity contribution < 1.29 is 4.74 Å². The Bertz CT molecular complexity index is 559. The van der Waals surface area contributed by atoms with Crippen molar-refractivity contribution in [3.8, 4) is 5.75 Å². The Kier molecular flexibility index (Phi) is 7.12. The molecule has 0 fully saturated rings. The van der Waals surface area contributed by atoms with Crippen LogP contribution in [0.2, 0.25) is 0 Å². The van der Waals surface area contributed by atoms with Crippen LogP contribution >= 0.6 is 0 Å². The predicted octanol–water partition coefficient (Wildman–Crippen LogP) is 5.75. The number of aromatic nitrogens is 1. The fraction of sp³-hybridized carbons (Fsp3) is 0.476. The van der Waals surface area contributed by atoms with Gasteiger partial charge in [0.1, 0.15) is 5.75 Å². The molecule has 1 aromatic heterocycles. The molecule has 0 N–H and O–H groups in total. The Balaban J connectivity index is 1.97. The average Bonchev–Trinajstić information content (AvgIpc) is 2.61. The van der Waals surface area contributed by atoms with Crippen LogP contribution in [0.3, 0.4) is 0 Å². The molecule has 0 spiro atoms. The molecule has 0 aliphatic carbocycles. The minimum Gasteiger partial charge on any atom is -0.494 e. The van der Waals surface area contributed by atoms with Crippen LogP contribution in [0.25, 0.3) is 0 Å². The van der Waals surface area contributed by atoms with Crippen molar-refractivity contribution in [2.45, 2.75) is 58.8 Å². The van der Waals surface area contributed by atoms with Crippen LogP contribution in [-0.4, -0.2) is 11.6 Å². The molecular formula is C21H29NO. The summed E-state index contributed by atoms with van der Waals surface area (Å²) in [5.41, 5.74) is 3.74. The molecule has 1 unspecified atom stereocenters. The first kappa shape index (κ1) is 17.5. The molecular weight excluding hydrogens is 282 g/mol. The number of hydrogen-bond donors (Lipinski definition) is 0. The summed E-state index contributed by atoms with van der Waals surface area (Å²) in [7, 11) is 0. The van der Waals surface area contributed by atoms with Gasteiger partial charge in [-0.2, -0.15) is 0 Å². The summed E-state index contributed by atoms with van der Waals surface area (Å²) in [4.78, 5) is 4.66. The van der Waals surface area contributed by atoms with Crippen molar-refractivity contribution in [3.05, 3.63) is 59.4 Å². The van der Waals surface area contributed by atoms with Crippen LogP contribution in [-0.2, 0) is 6.42 Å². The van der Waals surface area contributed by atoms with Crippen molar-refractivity contribution in [2.24, 2.45) is 0 Å². The number of pyridine rings is 1. The quantitative estimate of drug-likeness (QED) is 0.550. The molecule has 23 heavy (non-hydrogen) atoms. The monoisotopic (exact) mass is 311 g/mol. The molecule has 1 aromatic carbocycles. The number of unbranched alkanes of at least 4 members (excludes halogenated alkanes) is 2. The molecule has 0 aliphatic heterocycles. The molecule has 0 radical (unpaired) electrons. The zero-order chi connectivity index (χ0) is 16.5. The first-order valence-electron chi connectivity index (χ1n) is 8.92. The van der Waals surface area contributed by atoms with Gasteiger partial charge < -0.3 is 4.74 Å². The number of hydrogen-bond acceptors (Lipinski definition) is 2. The molecule has 2 rings (SSSR count). The standard InChI is InChI=1S/C21H29NO/c1-4-6-8-18-9-14-21(22-16-18)17(3)19-10-12-20(13-11-19)23-15-7-5-2/h9-14,16-17H,4-8,15H2,1-3H3. The van der Waals surface area contributed by atoms with Crippen molar-refractivity contribution in [1.82, 2.24) is 4.98 Å². The molecule has 0 amide bonds. The first-order valence-corrected chi connectivity index (χ1v) is 8.92. The van der Waals surface area contributed by atoms with E-state index < -0.39 is 0 Å². The molecule has 0 saturated carbocycles. The smallest absolute Gasteiger partial charge is 0.119 e. The van der Waals surface area contributed by atoms with Crippen LogP contribution in [0.15, 0.2) is 42.6 Å². The second-order valence-electron chi connectivity index (χ2n) is 6.19. The van der Waals surface area contributed by atoms with Crippen LogP contribution < -0.4 is 4.74 Å².